The number of nitrogens with one attached hydrogen (secondary N) is 1. The number of thioether (sulfide) groups is 1. The maximum Gasteiger partial charge on any atom is 0.261 e. The first-order chi connectivity index (χ1) is 21.6. The Morgan fingerprint density at radius 2 is 1.40 bits per heavy atom. The van der Waals surface area contributed by atoms with Crippen LogP contribution in [0.2, 0.25) is 15.1 Å². The zero-order valence-electron chi connectivity index (χ0n) is 26.0. The first-order valence-corrected chi connectivity index (χ1v) is 18.6. The van der Waals surface area contributed by atoms with Crippen LogP contribution in [0.1, 0.15) is 32.0 Å². The minimum Gasteiger partial charge on any atom is -0.407 e. The molecule has 0 amide bonds. The number of hydrogen-bond acceptors (Lipinski definition) is 6. The lowest BCUT2D eigenvalue weighted by atomic mass is 10.0. The predicted octanol–water partition coefficient (Wildman–Crippen LogP) is 8.63. The third kappa shape index (κ3) is 7.30. The number of nitrogens with zero attached hydrogens (tertiary/aromatic N) is 2. The molecule has 5 nitrogen and oxygen atoms in total. The molecule has 4 aromatic carbocycles. The normalized spacial score (nSPS) is 11.9. The zero-order chi connectivity index (χ0) is 32.0. The summed E-state index contributed by atoms with van der Waals surface area (Å²) in [5, 5.41) is 7.53. The fourth-order valence-corrected chi connectivity index (χ4v) is 11.3. The molecule has 9 heteroatoms. The van der Waals surface area contributed by atoms with Crippen molar-refractivity contribution in [2.45, 2.75) is 44.3 Å². The van der Waals surface area contributed by atoms with Crippen LogP contribution < -0.4 is 21.4 Å². The lowest BCUT2D eigenvalue weighted by Gasteiger charge is -2.43. The topological polar surface area (TPSA) is 73.1 Å². The summed E-state index contributed by atoms with van der Waals surface area (Å²) in [7, 11) is -2.64. The van der Waals surface area contributed by atoms with Crippen LogP contribution in [0.3, 0.4) is 0 Å². The molecule has 232 valence electrons. The molecule has 0 bridgehead atoms. The summed E-state index contributed by atoms with van der Waals surface area (Å²) in [5.41, 5.74) is 10.8. The quantitative estimate of drug-likeness (QED) is 0.0633. The molecule has 0 saturated heterocycles. The molecule has 0 aliphatic heterocycles. The molecule has 0 saturated carbocycles. The van der Waals surface area contributed by atoms with Gasteiger partial charge in [-0.2, -0.15) is 0 Å². The highest BCUT2D eigenvalue weighted by molar-refractivity contribution is 7.99. The van der Waals surface area contributed by atoms with Gasteiger partial charge >= 0.3 is 0 Å². The van der Waals surface area contributed by atoms with Crippen molar-refractivity contribution in [3.8, 4) is 11.3 Å². The molecule has 3 N–H and O–H groups in total. The summed E-state index contributed by atoms with van der Waals surface area (Å²) in [4.78, 5) is 9.61. The molecule has 0 radical (unpaired) electrons. The van der Waals surface area contributed by atoms with Gasteiger partial charge in [0.2, 0.25) is 0 Å². The Morgan fingerprint density at radius 3 is 1.98 bits per heavy atom. The van der Waals surface area contributed by atoms with Crippen LogP contribution in [0.4, 0.5) is 11.4 Å². The Kier molecular flexibility index (Phi) is 10.7. The van der Waals surface area contributed by atoms with E-state index in [2.05, 4.69) is 111 Å². The van der Waals surface area contributed by atoms with Crippen molar-refractivity contribution in [1.29, 1.82) is 0 Å². The fraction of sp³-hybridized carbons (Fsp3) is 0.222. The number of benzene rings is 4. The molecule has 0 aliphatic carbocycles. The molecule has 0 fully saturated rings. The summed E-state index contributed by atoms with van der Waals surface area (Å²) in [5.74, 6) is 0.377. The summed E-state index contributed by atoms with van der Waals surface area (Å²) in [6.45, 7) is 9.42. The van der Waals surface area contributed by atoms with E-state index < -0.39 is 8.32 Å². The van der Waals surface area contributed by atoms with Crippen LogP contribution in [-0.4, -0.2) is 30.8 Å². The zero-order valence-corrected chi connectivity index (χ0v) is 29.3. The van der Waals surface area contributed by atoms with Gasteiger partial charge in [0.15, 0.2) is 5.16 Å². The monoisotopic (exact) mass is 672 g/mol. The molecule has 1 aromatic heterocycles. The fourth-order valence-electron chi connectivity index (χ4n) is 5.74. The second-order valence-corrected chi connectivity index (χ2v) is 17.9. The second kappa shape index (κ2) is 14.5. The first-order valence-electron chi connectivity index (χ1n) is 14.9. The van der Waals surface area contributed by atoms with Gasteiger partial charge in [-0.25, -0.2) is 9.97 Å². The van der Waals surface area contributed by atoms with E-state index in [4.69, 9.17) is 43.3 Å². The average molecular weight is 674 g/mol. The molecule has 0 spiro atoms. The average Bonchev–Trinajstić information content (AvgIpc) is 3.02. The van der Waals surface area contributed by atoms with Gasteiger partial charge in [0, 0.05) is 18.0 Å². The van der Waals surface area contributed by atoms with Crippen LogP contribution in [-0.2, 0) is 10.8 Å². The van der Waals surface area contributed by atoms with E-state index in [1.165, 1.54) is 22.1 Å². The van der Waals surface area contributed by atoms with E-state index in [0.717, 1.165) is 34.6 Å². The van der Waals surface area contributed by atoms with Gasteiger partial charge < -0.3 is 15.5 Å². The Bertz CT molecular complexity index is 1690. The van der Waals surface area contributed by atoms with Crippen LogP contribution >= 0.6 is 35.0 Å². The smallest absolute Gasteiger partial charge is 0.261 e. The van der Waals surface area contributed by atoms with E-state index >= 15 is 0 Å². The van der Waals surface area contributed by atoms with Crippen molar-refractivity contribution < 1.29 is 4.43 Å². The highest BCUT2D eigenvalue weighted by atomic mass is 35.5. The molecule has 45 heavy (non-hydrogen) atoms. The summed E-state index contributed by atoms with van der Waals surface area (Å²) >= 11 is 14.5. The highest BCUT2D eigenvalue weighted by Crippen LogP contribution is 2.39. The van der Waals surface area contributed by atoms with Crippen molar-refractivity contribution in [2.24, 2.45) is 5.73 Å². The molecule has 0 atom stereocenters. The summed E-state index contributed by atoms with van der Waals surface area (Å²) < 4.78 is 7.17. The van der Waals surface area contributed by atoms with E-state index in [-0.39, 0.29) is 5.04 Å². The summed E-state index contributed by atoms with van der Waals surface area (Å²) in [6, 6.07) is 35.3. The van der Waals surface area contributed by atoms with Crippen molar-refractivity contribution in [2.75, 3.05) is 17.8 Å². The number of hydrogen-bond donors (Lipinski definition) is 2. The lowest BCUT2D eigenvalue weighted by molar-refractivity contribution is 0.302. The standard InChI is InChI=1S/C36H38Cl2N4OSSi/c1-25-32(41-34-30(37)19-12-20-31(34)38)33(42-35(40-25)44-24-39)27-14-11-13-26(23-27)21-22-43-45(36(2,3)4,28-15-7-5-8-16-28)29-17-9-6-10-18-29/h5-20,23,41H,21-22,24,39H2,1-4H3. The largest absolute Gasteiger partial charge is 0.407 e. The number of anilines is 2. The first kappa shape index (κ1) is 33.2. The SMILES string of the molecule is Cc1nc(SCN)nc(-c2cccc(CCO[Si](c3ccccc3)(c3ccccc3)C(C)(C)C)c2)c1Nc1c(Cl)cccc1Cl. The van der Waals surface area contributed by atoms with Gasteiger partial charge in [0.05, 0.1) is 32.8 Å². The van der Waals surface area contributed by atoms with E-state index in [0.29, 0.717) is 33.4 Å². The molecular formula is C36H38Cl2N4OSSi. The number of aryl methyl sites for hydroxylation is 1. The predicted molar refractivity (Wildman–Crippen MR) is 194 cm³/mol. The highest BCUT2D eigenvalue weighted by Gasteiger charge is 2.50. The van der Waals surface area contributed by atoms with E-state index in [1.54, 1.807) is 12.1 Å². The summed E-state index contributed by atoms with van der Waals surface area (Å²) in [6.07, 6.45) is 0.742. The number of halogens is 2. The minimum absolute atomic E-state index is 0.0896. The third-order valence-electron chi connectivity index (χ3n) is 7.82. The maximum atomic E-state index is 7.17. The van der Waals surface area contributed by atoms with Crippen LogP contribution in [0.15, 0.2) is 108 Å². The van der Waals surface area contributed by atoms with Crippen molar-refractivity contribution in [1.82, 2.24) is 9.97 Å². The Hall–Kier alpha value is -3.17. The number of para-hydroxylation sites is 1. The maximum absolute atomic E-state index is 7.17. The Balaban J connectivity index is 1.49. The van der Waals surface area contributed by atoms with Gasteiger partial charge in [-0.1, -0.05) is 141 Å². The van der Waals surface area contributed by atoms with Crippen LogP contribution in [0, 0.1) is 6.92 Å². The molecule has 0 aliphatic rings. The van der Waals surface area contributed by atoms with Crippen molar-refractivity contribution >= 4 is 65.0 Å². The number of aromatic nitrogens is 2. The van der Waals surface area contributed by atoms with Crippen LogP contribution in [0.5, 0.6) is 0 Å². The molecule has 1 heterocycles. The minimum atomic E-state index is -2.64. The van der Waals surface area contributed by atoms with Gasteiger partial charge in [0.25, 0.3) is 8.32 Å². The number of rotatable bonds is 11. The second-order valence-electron chi connectivity index (χ2n) is 11.8. The van der Waals surface area contributed by atoms with E-state index in [9.17, 15) is 0 Å². The third-order valence-corrected chi connectivity index (χ3v) is 14.1. The molecule has 5 rings (SSSR count). The van der Waals surface area contributed by atoms with Crippen molar-refractivity contribution in [3.05, 3.63) is 124 Å². The molecule has 5 aromatic rings. The van der Waals surface area contributed by atoms with Crippen molar-refractivity contribution in [3.63, 3.8) is 0 Å². The van der Waals surface area contributed by atoms with Gasteiger partial charge in [-0.15, -0.1) is 0 Å². The lowest BCUT2D eigenvalue weighted by Crippen LogP contribution is -2.66. The Morgan fingerprint density at radius 1 is 0.800 bits per heavy atom. The van der Waals surface area contributed by atoms with Crippen LogP contribution in [0.25, 0.3) is 11.3 Å². The Labute approximate surface area is 281 Å². The van der Waals surface area contributed by atoms with Gasteiger partial charge in [-0.05, 0) is 52.5 Å². The number of nitrogens with two attached hydrogens (primary N) is 1. The van der Waals surface area contributed by atoms with Gasteiger partial charge in [0.1, 0.15) is 0 Å². The molecule has 0 unspecified atom stereocenters. The van der Waals surface area contributed by atoms with Gasteiger partial charge in [-0.3, -0.25) is 0 Å². The molecular weight excluding hydrogens is 635 g/mol. The van der Waals surface area contributed by atoms with E-state index in [1.807, 2.05) is 13.0 Å².